The fraction of sp³-hybridized carbons (Fsp3) is 0.889. The second-order valence-electron chi connectivity index (χ2n) is 7.59. The van der Waals surface area contributed by atoms with E-state index in [1.807, 2.05) is 20.8 Å². The van der Waals surface area contributed by atoms with Gasteiger partial charge in [-0.15, -0.1) is 0 Å². The summed E-state index contributed by atoms with van der Waals surface area (Å²) in [6, 6.07) is 0. The smallest absolute Gasteiger partial charge is 0.407 e. The van der Waals surface area contributed by atoms with Crippen molar-refractivity contribution >= 4 is 12.1 Å². The highest BCUT2D eigenvalue weighted by Crippen LogP contribution is 2.16. The molecule has 1 saturated heterocycles. The van der Waals surface area contributed by atoms with Crippen LogP contribution >= 0.6 is 0 Å². The lowest BCUT2D eigenvalue weighted by Crippen LogP contribution is -2.45. The molecule has 0 aromatic heterocycles. The summed E-state index contributed by atoms with van der Waals surface area (Å²) in [5.74, 6) is 1.48. The first-order chi connectivity index (χ1) is 11.8. The molecule has 0 aliphatic carbocycles. The molecule has 1 heterocycles. The number of nitrogens with zero attached hydrogens (tertiary/aromatic N) is 2. The maximum absolute atomic E-state index is 11.6. The standard InChI is InChI=1S/C18H37N5O2/c1-6-11-23-12-7-15(8-13-23)14-22-16(19-5)20-9-10-21-17(24)25-18(2,3)4/h15H,6-14H2,1-5H3,(H,21,24)(H2,19,20,22). The Bertz CT molecular complexity index is 412. The molecule has 1 aliphatic rings. The van der Waals surface area contributed by atoms with Crippen molar-refractivity contribution in [2.75, 3.05) is 46.3 Å². The Morgan fingerprint density at radius 1 is 1.16 bits per heavy atom. The first-order valence-corrected chi connectivity index (χ1v) is 9.47. The predicted molar refractivity (Wildman–Crippen MR) is 103 cm³/mol. The number of alkyl carbamates (subject to hydrolysis) is 1. The van der Waals surface area contributed by atoms with Crippen molar-refractivity contribution in [1.82, 2.24) is 20.9 Å². The number of ether oxygens (including phenoxy) is 1. The van der Waals surface area contributed by atoms with E-state index in [1.54, 1.807) is 7.05 Å². The number of piperidine rings is 1. The highest BCUT2D eigenvalue weighted by Gasteiger charge is 2.18. The van der Waals surface area contributed by atoms with Crippen molar-refractivity contribution in [2.45, 2.75) is 52.6 Å². The quantitative estimate of drug-likeness (QED) is 0.369. The van der Waals surface area contributed by atoms with E-state index >= 15 is 0 Å². The van der Waals surface area contributed by atoms with E-state index in [0.29, 0.717) is 19.0 Å². The van der Waals surface area contributed by atoms with Gasteiger partial charge in [-0.25, -0.2) is 4.79 Å². The van der Waals surface area contributed by atoms with Crippen molar-refractivity contribution in [1.29, 1.82) is 0 Å². The largest absolute Gasteiger partial charge is 0.444 e. The van der Waals surface area contributed by atoms with E-state index in [4.69, 9.17) is 4.74 Å². The molecule has 0 spiro atoms. The summed E-state index contributed by atoms with van der Waals surface area (Å²) in [5.41, 5.74) is -0.470. The summed E-state index contributed by atoms with van der Waals surface area (Å²) in [5, 5.41) is 9.33. The van der Waals surface area contributed by atoms with Gasteiger partial charge in [0.05, 0.1) is 0 Å². The van der Waals surface area contributed by atoms with E-state index in [2.05, 4.69) is 32.8 Å². The van der Waals surface area contributed by atoms with Gasteiger partial charge in [-0.1, -0.05) is 6.92 Å². The molecule has 1 rings (SSSR count). The molecule has 0 aromatic carbocycles. The second kappa shape index (κ2) is 11.2. The summed E-state index contributed by atoms with van der Waals surface area (Å²) >= 11 is 0. The number of nitrogens with one attached hydrogen (secondary N) is 3. The third kappa shape index (κ3) is 10.2. The number of aliphatic imine (C=N–C) groups is 1. The van der Waals surface area contributed by atoms with Crippen molar-refractivity contribution < 1.29 is 9.53 Å². The Morgan fingerprint density at radius 3 is 2.36 bits per heavy atom. The van der Waals surface area contributed by atoms with Gasteiger partial charge in [0.1, 0.15) is 5.60 Å². The van der Waals surface area contributed by atoms with Crippen LogP contribution in [-0.2, 0) is 4.74 Å². The van der Waals surface area contributed by atoms with Crippen molar-refractivity contribution in [2.24, 2.45) is 10.9 Å². The first-order valence-electron chi connectivity index (χ1n) is 9.47. The van der Waals surface area contributed by atoms with Gasteiger partial charge in [0, 0.05) is 26.7 Å². The molecule has 1 fully saturated rings. The number of hydrogen-bond acceptors (Lipinski definition) is 4. The average Bonchev–Trinajstić information content (AvgIpc) is 2.54. The number of guanidine groups is 1. The summed E-state index contributed by atoms with van der Waals surface area (Å²) < 4.78 is 5.20. The van der Waals surface area contributed by atoms with Crippen LogP contribution in [0.2, 0.25) is 0 Å². The van der Waals surface area contributed by atoms with Crippen LogP contribution in [0, 0.1) is 5.92 Å². The molecular weight excluding hydrogens is 318 g/mol. The minimum atomic E-state index is -0.470. The average molecular weight is 356 g/mol. The summed E-state index contributed by atoms with van der Waals surface area (Å²) in [6.07, 6.45) is 3.32. The van der Waals surface area contributed by atoms with Crippen LogP contribution in [-0.4, -0.2) is 68.9 Å². The van der Waals surface area contributed by atoms with Gasteiger partial charge in [0.25, 0.3) is 0 Å². The van der Waals surface area contributed by atoms with E-state index in [1.165, 1.54) is 38.9 Å². The van der Waals surface area contributed by atoms with Crippen LogP contribution in [0.5, 0.6) is 0 Å². The molecule has 1 amide bonds. The predicted octanol–water partition coefficient (Wildman–Crippen LogP) is 1.80. The second-order valence-corrected chi connectivity index (χ2v) is 7.59. The number of amides is 1. The molecule has 7 nitrogen and oxygen atoms in total. The molecule has 1 aliphatic heterocycles. The summed E-state index contributed by atoms with van der Waals surface area (Å²) in [6.45, 7) is 13.4. The lowest BCUT2D eigenvalue weighted by atomic mass is 9.97. The minimum absolute atomic E-state index is 0.393. The fourth-order valence-corrected chi connectivity index (χ4v) is 2.85. The molecule has 3 N–H and O–H groups in total. The molecule has 25 heavy (non-hydrogen) atoms. The third-order valence-electron chi connectivity index (χ3n) is 4.11. The zero-order valence-corrected chi connectivity index (χ0v) is 16.7. The number of carbonyl (C=O) groups is 1. The van der Waals surface area contributed by atoms with E-state index in [-0.39, 0.29) is 0 Å². The topological polar surface area (TPSA) is 78.0 Å². The molecule has 0 radical (unpaired) electrons. The molecule has 7 heteroatoms. The molecule has 0 bridgehead atoms. The molecule has 0 saturated carbocycles. The van der Waals surface area contributed by atoms with Crippen LogP contribution in [0.1, 0.15) is 47.0 Å². The molecule has 0 unspecified atom stereocenters. The van der Waals surface area contributed by atoms with Crippen molar-refractivity contribution in [3.8, 4) is 0 Å². The lowest BCUT2D eigenvalue weighted by Gasteiger charge is -2.32. The molecular formula is C18H37N5O2. The van der Waals surface area contributed by atoms with E-state index in [0.717, 1.165) is 12.5 Å². The number of carbonyl (C=O) groups excluding carboxylic acids is 1. The zero-order valence-electron chi connectivity index (χ0n) is 16.7. The van der Waals surface area contributed by atoms with E-state index < -0.39 is 11.7 Å². The maximum atomic E-state index is 11.6. The van der Waals surface area contributed by atoms with Crippen LogP contribution in [0.4, 0.5) is 4.79 Å². The number of likely N-dealkylation sites (tertiary alicyclic amines) is 1. The Balaban J connectivity index is 2.14. The Kier molecular flexibility index (Phi) is 9.63. The molecule has 0 aromatic rings. The highest BCUT2D eigenvalue weighted by atomic mass is 16.6. The van der Waals surface area contributed by atoms with Gasteiger partial charge < -0.3 is 25.6 Å². The SMILES string of the molecule is CCCN1CCC(CNC(=NC)NCCNC(=O)OC(C)(C)C)CC1. The molecule has 146 valence electrons. The van der Waals surface area contributed by atoms with Gasteiger partial charge in [-0.05, 0) is 65.6 Å². The van der Waals surface area contributed by atoms with Gasteiger partial charge in [0.15, 0.2) is 5.96 Å². The van der Waals surface area contributed by atoms with Crippen molar-refractivity contribution in [3.05, 3.63) is 0 Å². The van der Waals surface area contributed by atoms with Gasteiger partial charge in [-0.3, -0.25) is 4.99 Å². The van der Waals surface area contributed by atoms with Gasteiger partial charge in [-0.2, -0.15) is 0 Å². The van der Waals surface area contributed by atoms with Crippen LogP contribution in [0.3, 0.4) is 0 Å². The van der Waals surface area contributed by atoms with Crippen LogP contribution in [0.15, 0.2) is 4.99 Å². The van der Waals surface area contributed by atoms with Crippen LogP contribution < -0.4 is 16.0 Å². The number of hydrogen-bond donors (Lipinski definition) is 3. The van der Waals surface area contributed by atoms with E-state index in [9.17, 15) is 4.79 Å². The van der Waals surface area contributed by atoms with Gasteiger partial charge in [0.2, 0.25) is 0 Å². The van der Waals surface area contributed by atoms with Crippen LogP contribution in [0.25, 0.3) is 0 Å². The summed E-state index contributed by atoms with van der Waals surface area (Å²) in [4.78, 5) is 18.3. The zero-order chi connectivity index (χ0) is 18.7. The van der Waals surface area contributed by atoms with Crippen molar-refractivity contribution in [3.63, 3.8) is 0 Å². The highest BCUT2D eigenvalue weighted by molar-refractivity contribution is 5.79. The monoisotopic (exact) mass is 355 g/mol. The molecule has 0 atom stereocenters. The first kappa shape index (κ1) is 21.5. The number of rotatable bonds is 7. The van der Waals surface area contributed by atoms with Gasteiger partial charge >= 0.3 is 6.09 Å². The fourth-order valence-electron chi connectivity index (χ4n) is 2.85. The Labute approximate surface area is 153 Å². The Hall–Kier alpha value is -1.50. The third-order valence-corrected chi connectivity index (χ3v) is 4.11. The normalized spacial score (nSPS) is 17.2. The summed E-state index contributed by atoms with van der Waals surface area (Å²) in [7, 11) is 1.76. The lowest BCUT2D eigenvalue weighted by molar-refractivity contribution is 0.0529. The Morgan fingerprint density at radius 2 is 1.80 bits per heavy atom. The minimum Gasteiger partial charge on any atom is -0.444 e. The maximum Gasteiger partial charge on any atom is 0.407 e.